The molecule has 1 atom stereocenters. The van der Waals surface area contributed by atoms with Gasteiger partial charge in [-0.25, -0.2) is 4.79 Å². The summed E-state index contributed by atoms with van der Waals surface area (Å²) in [5, 5.41) is 2.71. The second-order valence-corrected chi connectivity index (χ2v) is 5.18. The molecular weight excluding hydrogens is 284 g/mol. The monoisotopic (exact) mass is 308 g/mol. The van der Waals surface area contributed by atoms with Crippen molar-refractivity contribution in [3.05, 3.63) is 30.1 Å². The second kappa shape index (κ2) is 8.99. The van der Waals surface area contributed by atoms with Crippen LogP contribution in [0.25, 0.3) is 0 Å². The molecule has 0 aliphatic heterocycles. The minimum absolute atomic E-state index is 0.151. The number of ether oxygens (including phenoxy) is 1. The molecule has 0 radical (unpaired) electrons. The zero-order chi connectivity index (χ0) is 16.5. The zero-order valence-electron chi connectivity index (χ0n) is 13.6. The number of hydrogen-bond acceptors (Lipinski definition) is 4. The zero-order valence-corrected chi connectivity index (χ0v) is 13.6. The van der Waals surface area contributed by atoms with E-state index in [9.17, 15) is 9.59 Å². The Morgan fingerprint density at radius 1 is 1.41 bits per heavy atom. The van der Waals surface area contributed by atoms with E-state index >= 15 is 0 Å². The van der Waals surface area contributed by atoms with Crippen LogP contribution < -0.4 is 5.32 Å². The summed E-state index contributed by atoms with van der Waals surface area (Å²) in [5.74, 6) is -0.151. The maximum Gasteiger partial charge on any atom is 0.318 e. The molecule has 0 fully saturated rings. The Morgan fingerprint density at radius 2 is 2.14 bits per heavy atom. The van der Waals surface area contributed by atoms with Crippen LogP contribution in [0.4, 0.5) is 4.79 Å². The molecule has 3 amide bonds. The first-order chi connectivity index (χ1) is 10.5. The molecule has 0 aromatic carbocycles. The Bertz CT molecular complexity index is 479. The molecular formula is C15H24N4O3. The highest BCUT2D eigenvalue weighted by Crippen LogP contribution is 2.04. The summed E-state index contributed by atoms with van der Waals surface area (Å²) in [5.41, 5.74) is 0.917. The number of carbonyl (C=O) groups excluding carboxylic acids is 2. The fraction of sp³-hybridized carbons (Fsp3) is 0.533. The Labute approximate surface area is 131 Å². The molecule has 0 aliphatic carbocycles. The third-order valence-corrected chi connectivity index (χ3v) is 3.10. The number of aromatic nitrogens is 1. The van der Waals surface area contributed by atoms with Crippen LogP contribution in [0.1, 0.15) is 12.5 Å². The minimum atomic E-state index is -0.582. The highest BCUT2D eigenvalue weighted by atomic mass is 16.5. The SMILES string of the molecule is COCCN(Cc1cccnc1)C(=O)N[C@H](C)C(=O)N(C)C. The van der Waals surface area contributed by atoms with Crippen molar-refractivity contribution in [3.63, 3.8) is 0 Å². The lowest BCUT2D eigenvalue weighted by atomic mass is 10.2. The van der Waals surface area contributed by atoms with E-state index in [4.69, 9.17) is 4.74 Å². The Hall–Kier alpha value is -2.15. The number of rotatable bonds is 7. The number of nitrogens with zero attached hydrogens (tertiary/aromatic N) is 3. The van der Waals surface area contributed by atoms with Gasteiger partial charge < -0.3 is 19.9 Å². The number of methoxy groups -OCH3 is 1. The number of nitrogens with one attached hydrogen (secondary N) is 1. The molecule has 122 valence electrons. The van der Waals surface area contributed by atoms with E-state index in [2.05, 4.69) is 10.3 Å². The van der Waals surface area contributed by atoms with Crippen LogP contribution in [0.2, 0.25) is 0 Å². The Balaban J connectivity index is 2.69. The van der Waals surface area contributed by atoms with Gasteiger partial charge in [-0.3, -0.25) is 9.78 Å². The van der Waals surface area contributed by atoms with E-state index in [1.165, 1.54) is 4.90 Å². The molecule has 0 saturated carbocycles. The normalized spacial score (nSPS) is 11.6. The molecule has 0 bridgehead atoms. The summed E-state index contributed by atoms with van der Waals surface area (Å²) >= 11 is 0. The van der Waals surface area contributed by atoms with Crippen molar-refractivity contribution in [2.24, 2.45) is 0 Å². The quantitative estimate of drug-likeness (QED) is 0.805. The Kier molecular flexibility index (Phi) is 7.31. The first kappa shape index (κ1) is 17.9. The van der Waals surface area contributed by atoms with Gasteiger partial charge in [0.25, 0.3) is 0 Å². The van der Waals surface area contributed by atoms with E-state index < -0.39 is 6.04 Å². The minimum Gasteiger partial charge on any atom is -0.383 e. The van der Waals surface area contributed by atoms with Crippen molar-refractivity contribution < 1.29 is 14.3 Å². The average Bonchev–Trinajstić information content (AvgIpc) is 2.51. The van der Waals surface area contributed by atoms with E-state index in [0.29, 0.717) is 19.7 Å². The number of hydrogen-bond donors (Lipinski definition) is 1. The molecule has 22 heavy (non-hydrogen) atoms. The van der Waals surface area contributed by atoms with Crippen molar-refractivity contribution in [1.29, 1.82) is 0 Å². The molecule has 1 N–H and O–H groups in total. The van der Waals surface area contributed by atoms with Crippen LogP contribution in [0.15, 0.2) is 24.5 Å². The van der Waals surface area contributed by atoms with Crippen LogP contribution in [0, 0.1) is 0 Å². The van der Waals surface area contributed by atoms with Gasteiger partial charge in [-0.2, -0.15) is 0 Å². The van der Waals surface area contributed by atoms with Gasteiger partial charge in [0.1, 0.15) is 6.04 Å². The molecule has 0 spiro atoms. The van der Waals surface area contributed by atoms with Gasteiger partial charge >= 0.3 is 6.03 Å². The molecule has 7 heteroatoms. The lowest BCUT2D eigenvalue weighted by Crippen LogP contribution is -2.50. The fourth-order valence-corrected chi connectivity index (χ4v) is 1.89. The first-order valence-corrected chi connectivity index (χ1v) is 7.10. The van der Waals surface area contributed by atoms with Crippen LogP contribution in [0.3, 0.4) is 0 Å². The van der Waals surface area contributed by atoms with Crippen molar-refractivity contribution in [2.45, 2.75) is 19.5 Å². The number of amides is 3. The van der Waals surface area contributed by atoms with Crippen molar-refractivity contribution >= 4 is 11.9 Å². The van der Waals surface area contributed by atoms with Crippen molar-refractivity contribution in [2.75, 3.05) is 34.4 Å². The molecule has 0 unspecified atom stereocenters. The number of likely N-dealkylation sites (N-methyl/N-ethyl adjacent to an activating group) is 1. The number of carbonyl (C=O) groups is 2. The summed E-state index contributed by atoms with van der Waals surface area (Å²) in [6, 6.07) is 2.83. The third-order valence-electron chi connectivity index (χ3n) is 3.10. The van der Waals surface area contributed by atoms with Crippen LogP contribution >= 0.6 is 0 Å². The van der Waals surface area contributed by atoms with Crippen LogP contribution in [0.5, 0.6) is 0 Å². The van der Waals surface area contributed by atoms with E-state index in [1.54, 1.807) is 45.4 Å². The Morgan fingerprint density at radius 3 is 2.68 bits per heavy atom. The molecule has 1 heterocycles. The molecule has 1 aromatic heterocycles. The van der Waals surface area contributed by atoms with Crippen LogP contribution in [-0.4, -0.2) is 67.1 Å². The van der Waals surface area contributed by atoms with Gasteiger partial charge in [-0.05, 0) is 18.6 Å². The summed E-state index contributed by atoms with van der Waals surface area (Å²) in [6.45, 7) is 2.93. The molecule has 1 rings (SSSR count). The smallest absolute Gasteiger partial charge is 0.318 e. The van der Waals surface area contributed by atoms with Crippen molar-refractivity contribution in [3.8, 4) is 0 Å². The lowest BCUT2D eigenvalue weighted by molar-refractivity contribution is -0.130. The fourth-order valence-electron chi connectivity index (χ4n) is 1.89. The largest absolute Gasteiger partial charge is 0.383 e. The van der Waals surface area contributed by atoms with E-state index in [1.807, 2.05) is 12.1 Å². The summed E-state index contributed by atoms with van der Waals surface area (Å²) in [4.78, 5) is 31.3. The van der Waals surface area contributed by atoms with Gasteiger partial charge in [-0.1, -0.05) is 6.07 Å². The number of urea groups is 1. The van der Waals surface area contributed by atoms with Crippen LogP contribution in [-0.2, 0) is 16.1 Å². The topological polar surface area (TPSA) is 74.8 Å². The summed E-state index contributed by atoms with van der Waals surface area (Å²) in [7, 11) is 4.89. The average molecular weight is 308 g/mol. The summed E-state index contributed by atoms with van der Waals surface area (Å²) < 4.78 is 5.04. The highest BCUT2D eigenvalue weighted by molar-refractivity contribution is 5.86. The van der Waals surface area contributed by atoms with Gasteiger partial charge in [0, 0.05) is 46.7 Å². The predicted octanol–water partition coefficient (Wildman–Crippen LogP) is 0.716. The second-order valence-electron chi connectivity index (χ2n) is 5.18. The standard InChI is InChI=1S/C15H24N4O3/c1-12(14(20)18(2)3)17-15(21)19(8-9-22-4)11-13-6-5-7-16-10-13/h5-7,10,12H,8-9,11H2,1-4H3,(H,17,21)/t12-/m1/s1. The van der Waals surface area contributed by atoms with E-state index in [-0.39, 0.29) is 11.9 Å². The number of pyridine rings is 1. The van der Waals surface area contributed by atoms with Gasteiger partial charge in [0.05, 0.1) is 6.61 Å². The first-order valence-electron chi connectivity index (χ1n) is 7.10. The van der Waals surface area contributed by atoms with Crippen molar-refractivity contribution in [1.82, 2.24) is 20.1 Å². The predicted molar refractivity (Wildman–Crippen MR) is 83.2 cm³/mol. The van der Waals surface area contributed by atoms with E-state index in [0.717, 1.165) is 5.56 Å². The van der Waals surface area contributed by atoms with Gasteiger partial charge in [0.2, 0.25) is 5.91 Å². The van der Waals surface area contributed by atoms with Gasteiger partial charge in [0.15, 0.2) is 0 Å². The maximum atomic E-state index is 12.4. The molecule has 7 nitrogen and oxygen atoms in total. The maximum absolute atomic E-state index is 12.4. The third kappa shape index (κ3) is 5.69. The molecule has 0 saturated heterocycles. The van der Waals surface area contributed by atoms with Gasteiger partial charge in [-0.15, -0.1) is 0 Å². The highest BCUT2D eigenvalue weighted by Gasteiger charge is 2.21. The lowest BCUT2D eigenvalue weighted by Gasteiger charge is -2.25. The molecule has 0 aliphatic rings. The summed E-state index contributed by atoms with van der Waals surface area (Å²) in [6.07, 6.45) is 3.39. The molecule has 1 aromatic rings.